The maximum absolute atomic E-state index is 12.7. The van der Waals surface area contributed by atoms with Crippen LogP contribution in [0.25, 0.3) is 0 Å². The van der Waals surface area contributed by atoms with Crippen LogP contribution in [0, 0.1) is 11.3 Å². The molecule has 5 heteroatoms. The van der Waals surface area contributed by atoms with Gasteiger partial charge in [0.2, 0.25) is 0 Å². The van der Waals surface area contributed by atoms with Crippen LogP contribution in [0.2, 0.25) is 0 Å². The third-order valence-electron chi connectivity index (χ3n) is 4.22. The van der Waals surface area contributed by atoms with Crippen molar-refractivity contribution in [2.75, 3.05) is 11.9 Å². The number of anilines is 1. The van der Waals surface area contributed by atoms with Gasteiger partial charge in [-0.15, -0.1) is 0 Å². The molecule has 0 unspecified atom stereocenters. The van der Waals surface area contributed by atoms with Crippen LogP contribution in [-0.4, -0.2) is 24.2 Å². The van der Waals surface area contributed by atoms with Gasteiger partial charge in [0, 0.05) is 12.7 Å². The summed E-state index contributed by atoms with van der Waals surface area (Å²) in [5.74, 6) is 0.400. The van der Waals surface area contributed by atoms with E-state index in [1.807, 2.05) is 20.8 Å². The summed E-state index contributed by atoms with van der Waals surface area (Å²) in [5, 5.41) is 12.3. The number of carbonyl (C=O) groups is 1. The van der Waals surface area contributed by atoms with E-state index < -0.39 is 5.60 Å². The van der Waals surface area contributed by atoms with Crippen LogP contribution in [0.4, 0.5) is 5.69 Å². The Bertz CT molecular complexity index is 609. The van der Waals surface area contributed by atoms with Crippen LogP contribution >= 0.6 is 0 Å². The largest absolute Gasteiger partial charge is 0.491 e. The second-order valence-corrected chi connectivity index (χ2v) is 6.38. The molecule has 0 fully saturated rings. The molecule has 0 aliphatic carbocycles. The van der Waals surface area contributed by atoms with Gasteiger partial charge >= 0.3 is 0 Å². The molecular formula is C20H30N2O3. The number of nitriles is 1. The number of carbonyl (C=O) groups excluding carboxylic acids is 1. The van der Waals surface area contributed by atoms with Crippen LogP contribution in [0.3, 0.4) is 0 Å². The van der Waals surface area contributed by atoms with E-state index in [1.165, 1.54) is 0 Å². The molecule has 0 heterocycles. The van der Waals surface area contributed by atoms with Crippen molar-refractivity contribution in [3.63, 3.8) is 0 Å². The molecule has 0 aliphatic heterocycles. The van der Waals surface area contributed by atoms with E-state index in [4.69, 9.17) is 9.47 Å². The first-order valence-electron chi connectivity index (χ1n) is 9.06. The van der Waals surface area contributed by atoms with Crippen molar-refractivity contribution >= 4 is 11.6 Å². The van der Waals surface area contributed by atoms with Gasteiger partial charge in [0.15, 0.2) is 0 Å². The van der Waals surface area contributed by atoms with Gasteiger partial charge in [-0.25, -0.2) is 0 Å². The molecule has 0 aliphatic rings. The molecule has 1 aromatic carbocycles. The molecule has 1 N–H and O–H groups in total. The molecule has 138 valence electrons. The van der Waals surface area contributed by atoms with Crippen molar-refractivity contribution in [1.82, 2.24) is 0 Å². The van der Waals surface area contributed by atoms with Gasteiger partial charge in [0.1, 0.15) is 17.4 Å². The Kier molecular flexibility index (Phi) is 8.44. The summed E-state index contributed by atoms with van der Waals surface area (Å²) in [6.07, 6.45) is 3.48. The lowest BCUT2D eigenvalue weighted by Crippen LogP contribution is -2.43. The minimum Gasteiger partial charge on any atom is -0.491 e. The van der Waals surface area contributed by atoms with Gasteiger partial charge in [-0.3, -0.25) is 4.79 Å². The molecule has 0 saturated heterocycles. The lowest BCUT2D eigenvalue weighted by Gasteiger charge is -2.28. The molecule has 0 aromatic heterocycles. The number of nitrogens with zero attached hydrogens (tertiary/aromatic N) is 1. The molecule has 1 amide bonds. The summed E-state index contributed by atoms with van der Waals surface area (Å²) >= 11 is 0. The first-order chi connectivity index (χ1) is 11.9. The second-order valence-electron chi connectivity index (χ2n) is 6.38. The summed E-state index contributed by atoms with van der Waals surface area (Å²) < 4.78 is 11.4. The smallest absolute Gasteiger partial charge is 0.256 e. The summed E-state index contributed by atoms with van der Waals surface area (Å²) in [7, 11) is 0. The third kappa shape index (κ3) is 6.06. The highest BCUT2D eigenvalue weighted by molar-refractivity contribution is 5.98. The van der Waals surface area contributed by atoms with E-state index in [9.17, 15) is 10.1 Å². The van der Waals surface area contributed by atoms with E-state index in [0.717, 1.165) is 19.3 Å². The van der Waals surface area contributed by atoms with Crippen molar-refractivity contribution in [2.45, 2.75) is 72.0 Å². The Morgan fingerprint density at radius 2 is 2.08 bits per heavy atom. The third-order valence-corrected chi connectivity index (χ3v) is 4.22. The number of amides is 1. The van der Waals surface area contributed by atoms with Crippen LogP contribution in [0.15, 0.2) is 18.2 Å². The fourth-order valence-corrected chi connectivity index (χ4v) is 2.45. The van der Waals surface area contributed by atoms with Gasteiger partial charge in [-0.2, -0.15) is 5.26 Å². The minimum absolute atomic E-state index is 0.0715. The number of rotatable bonds is 10. The highest BCUT2D eigenvalue weighted by Crippen LogP contribution is 2.26. The van der Waals surface area contributed by atoms with Gasteiger partial charge in [0.05, 0.1) is 17.4 Å². The van der Waals surface area contributed by atoms with Gasteiger partial charge in [-0.05, 0) is 45.7 Å². The first kappa shape index (κ1) is 21.0. The monoisotopic (exact) mass is 346 g/mol. The van der Waals surface area contributed by atoms with E-state index in [1.54, 1.807) is 25.1 Å². The van der Waals surface area contributed by atoms with Crippen molar-refractivity contribution < 1.29 is 14.3 Å². The second kappa shape index (κ2) is 10.0. The van der Waals surface area contributed by atoms with E-state index in [-0.39, 0.29) is 12.0 Å². The normalized spacial score (nSPS) is 14.2. The van der Waals surface area contributed by atoms with Gasteiger partial charge in [-0.1, -0.05) is 26.7 Å². The molecule has 0 radical (unpaired) electrons. The molecular weight excluding hydrogens is 316 g/mol. The standard InChI is InChI=1S/C20H30N2O3/c1-6-9-12-20(5,24-8-3)19(23)22-18-11-10-17(13-16(18)14-21)25-15(4)7-2/h10-11,13,15H,6-9,12H2,1-5H3,(H,22,23)/t15-,20-/m1/s1. The van der Waals surface area contributed by atoms with E-state index in [0.29, 0.717) is 30.0 Å². The number of unbranched alkanes of at least 4 members (excludes halogenated alkanes) is 1. The van der Waals surface area contributed by atoms with Crippen LogP contribution in [-0.2, 0) is 9.53 Å². The maximum Gasteiger partial charge on any atom is 0.256 e. The summed E-state index contributed by atoms with van der Waals surface area (Å²) in [6, 6.07) is 7.26. The number of hydrogen-bond donors (Lipinski definition) is 1. The molecule has 0 bridgehead atoms. The number of benzene rings is 1. The SMILES string of the molecule is CCCC[C@@](C)(OCC)C(=O)Nc1ccc(O[C@H](C)CC)cc1C#N. The van der Waals surface area contributed by atoms with Crippen molar-refractivity contribution in [3.8, 4) is 11.8 Å². The Balaban J connectivity index is 2.96. The lowest BCUT2D eigenvalue weighted by atomic mass is 9.97. The first-order valence-corrected chi connectivity index (χ1v) is 9.06. The maximum atomic E-state index is 12.7. The fraction of sp³-hybridized carbons (Fsp3) is 0.600. The minimum atomic E-state index is -0.899. The average Bonchev–Trinajstić information content (AvgIpc) is 2.61. The number of ether oxygens (including phenoxy) is 2. The Morgan fingerprint density at radius 3 is 2.64 bits per heavy atom. The fourth-order valence-electron chi connectivity index (χ4n) is 2.45. The summed E-state index contributed by atoms with van der Waals surface area (Å²) in [6.45, 7) is 10.2. The molecule has 5 nitrogen and oxygen atoms in total. The predicted octanol–water partition coefficient (Wildman–Crippen LogP) is 4.66. The van der Waals surface area contributed by atoms with E-state index in [2.05, 4.69) is 18.3 Å². The average molecular weight is 346 g/mol. The zero-order chi connectivity index (χ0) is 18.9. The summed E-state index contributed by atoms with van der Waals surface area (Å²) in [4.78, 5) is 12.7. The van der Waals surface area contributed by atoms with Crippen LogP contribution in [0.1, 0.15) is 65.9 Å². The van der Waals surface area contributed by atoms with Crippen LogP contribution < -0.4 is 10.1 Å². The highest BCUT2D eigenvalue weighted by Gasteiger charge is 2.33. The molecule has 1 aromatic rings. The highest BCUT2D eigenvalue weighted by atomic mass is 16.5. The lowest BCUT2D eigenvalue weighted by molar-refractivity contribution is -0.139. The topological polar surface area (TPSA) is 71.3 Å². The molecule has 1 rings (SSSR count). The predicted molar refractivity (Wildman–Crippen MR) is 99.7 cm³/mol. The molecule has 0 saturated carbocycles. The van der Waals surface area contributed by atoms with E-state index >= 15 is 0 Å². The Hall–Kier alpha value is -2.06. The molecule has 0 spiro atoms. The van der Waals surface area contributed by atoms with Crippen molar-refractivity contribution in [1.29, 1.82) is 5.26 Å². The number of hydrogen-bond acceptors (Lipinski definition) is 4. The Morgan fingerprint density at radius 1 is 1.36 bits per heavy atom. The molecule has 25 heavy (non-hydrogen) atoms. The zero-order valence-electron chi connectivity index (χ0n) is 16.0. The Labute approximate surface area is 151 Å². The van der Waals surface area contributed by atoms with Crippen molar-refractivity contribution in [2.24, 2.45) is 0 Å². The quantitative estimate of drug-likeness (QED) is 0.669. The summed E-state index contributed by atoms with van der Waals surface area (Å²) in [5.41, 5.74) is -0.0430. The van der Waals surface area contributed by atoms with Gasteiger partial charge in [0.25, 0.3) is 5.91 Å². The van der Waals surface area contributed by atoms with Crippen LogP contribution in [0.5, 0.6) is 5.75 Å². The van der Waals surface area contributed by atoms with Crippen molar-refractivity contribution in [3.05, 3.63) is 23.8 Å². The number of nitrogens with one attached hydrogen (secondary N) is 1. The zero-order valence-corrected chi connectivity index (χ0v) is 16.0. The van der Waals surface area contributed by atoms with Gasteiger partial charge < -0.3 is 14.8 Å². The molecule has 2 atom stereocenters.